The van der Waals surface area contributed by atoms with Gasteiger partial charge in [-0.15, -0.1) is 0 Å². The molecule has 0 aromatic carbocycles. The second-order valence-corrected chi connectivity index (χ2v) is 5.89. The van der Waals surface area contributed by atoms with Crippen LogP contribution in [0.25, 0.3) is 0 Å². The van der Waals surface area contributed by atoms with Crippen LogP contribution in [0.1, 0.15) is 46.0 Å². The van der Waals surface area contributed by atoms with E-state index in [1.165, 1.54) is 32.4 Å². The minimum atomic E-state index is 0.679. The minimum absolute atomic E-state index is 0.679. The summed E-state index contributed by atoms with van der Waals surface area (Å²) in [6, 6.07) is 0. The Hall–Kier alpha value is -0.340. The molecule has 17 heavy (non-hydrogen) atoms. The third-order valence-electron chi connectivity index (χ3n) is 4.42. The van der Waals surface area contributed by atoms with Gasteiger partial charge in [-0.2, -0.15) is 0 Å². The van der Waals surface area contributed by atoms with Crippen molar-refractivity contribution in [3.63, 3.8) is 0 Å². The average molecular weight is 237 g/mol. The van der Waals surface area contributed by atoms with E-state index in [-0.39, 0.29) is 0 Å². The molecule has 0 bridgehead atoms. The van der Waals surface area contributed by atoms with E-state index in [0.29, 0.717) is 5.41 Å². The monoisotopic (exact) mass is 237 g/mol. The normalized spacial score (nSPS) is 27.4. The minimum Gasteiger partial charge on any atom is -0.381 e. The Balaban J connectivity index is 1.69. The van der Waals surface area contributed by atoms with Gasteiger partial charge in [-0.3, -0.25) is 0 Å². The van der Waals surface area contributed by atoms with Crippen molar-refractivity contribution in [3.05, 3.63) is 11.6 Å². The van der Waals surface area contributed by atoms with E-state index in [2.05, 4.69) is 25.2 Å². The van der Waals surface area contributed by atoms with Crippen molar-refractivity contribution in [2.45, 2.75) is 46.0 Å². The maximum atomic E-state index is 5.51. The molecule has 0 aromatic heterocycles. The first-order valence-electron chi connectivity index (χ1n) is 7.21. The summed E-state index contributed by atoms with van der Waals surface area (Å²) in [7, 11) is 0. The largest absolute Gasteiger partial charge is 0.381 e. The molecule has 1 saturated heterocycles. The molecule has 0 radical (unpaired) electrons. The molecule has 0 amide bonds. The topological polar surface area (TPSA) is 21.3 Å². The van der Waals surface area contributed by atoms with E-state index in [1.54, 1.807) is 5.57 Å². The van der Waals surface area contributed by atoms with Crippen molar-refractivity contribution in [1.82, 2.24) is 5.32 Å². The summed E-state index contributed by atoms with van der Waals surface area (Å²) in [6.45, 7) is 8.80. The van der Waals surface area contributed by atoms with E-state index >= 15 is 0 Å². The molecule has 1 heterocycles. The van der Waals surface area contributed by atoms with Crippen molar-refractivity contribution in [3.8, 4) is 0 Å². The molecule has 98 valence electrons. The Bertz CT molecular complexity index is 268. The maximum Gasteiger partial charge on any atom is 0.0500 e. The smallest absolute Gasteiger partial charge is 0.0500 e. The van der Waals surface area contributed by atoms with Gasteiger partial charge < -0.3 is 10.1 Å². The molecule has 0 unspecified atom stereocenters. The highest BCUT2D eigenvalue weighted by atomic mass is 16.5. The Morgan fingerprint density at radius 1 is 1.41 bits per heavy atom. The predicted molar refractivity (Wildman–Crippen MR) is 72.1 cm³/mol. The van der Waals surface area contributed by atoms with Crippen LogP contribution in [0.2, 0.25) is 0 Å². The van der Waals surface area contributed by atoms with Crippen molar-refractivity contribution in [2.24, 2.45) is 11.3 Å². The highest BCUT2D eigenvalue weighted by molar-refractivity contribution is 5.11. The summed E-state index contributed by atoms with van der Waals surface area (Å²) in [5, 5.41) is 3.43. The Kier molecular flexibility index (Phi) is 4.63. The summed E-state index contributed by atoms with van der Waals surface area (Å²) in [5.41, 5.74) is 2.28. The van der Waals surface area contributed by atoms with Crippen LogP contribution in [0.3, 0.4) is 0 Å². The SMILES string of the molecule is CCCOCC/C=C(/C)[C@@H]1CCC2(CNC2)C1. The lowest BCUT2D eigenvalue weighted by atomic mass is 9.79. The van der Waals surface area contributed by atoms with E-state index in [0.717, 1.165) is 32.0 Å². The molecule has 0 aromatic rings. The van der Waals surface area contributed by atoms with Crippen LogP contribution in [-0.2, 0) is 4.74 Å². The fourth-order valence-corrected chi connectivity index (χ4v) is 3.18. The molecule has 2 fully saturated rings. The van der Waals surface area contributed by atoms with E-state index in [1.807, 2.05) is 0 Å². The third kappa shape index (κ3) is 3.32. The predicted octanol–water partition coefficient (Wildman–Crippen LogP) is 3.14. The molecule has 1 spiro atoms. The van der Waals surface area contributed by atoms with Gasteiger partial charge in [-0.25, -0.2) is 0 Å². The third-order valence-corrected chi connectivity index (χ3v) is 4.42. The van der Waals surface area contributed by atoms with E-state index < -0.39 is 0 Å². The second kappa shape index (κ2) is 6.01. The number of allylic oxidation sites excluding steroid dienone is 1. The van der Waals surface area contributed by atoms with Gasteiger partial charge in [0.25, 0.3) is 0 Å². The number of hydrogen-bond acceptors (Lipinski definition) is 2. The summed E-state index contributed by atoms with van der Waals surface area (Å²) in [5.74, 6) is 0.850. The Labute approximate surface area is 106 Å². The van der Waals surface area contributed by atoms with Gasteiger partial charge in [0.05, 0.1) is 6.61 Å². The van der Waals surface area contributed by atoms with Gasteiger partial charge in [0.15, 0.2) is 0 Å². The molecule has 1 atom stereocenters. The average Bonchev–Trinajstić information content (AvgIpc) is 2.73. The van der Waals surface area contributed by atoms with Gasteiger partial charge in [-0.05, 0) is 50.4 Å². The lowest BCUT2D eigenvalue weighted by Gasteiger charge is -2.39. The van der Waals surface area contributed by atoms with Crippen LogP contribution in [0.5, 0.6) is 0 Å². The molecule has 1 aliphatic carbocycles. The van der Waals surface area contributed by atoms with E-state index in [9.17, 15) is 0 Å². The lowest BCUT2D eigenvalue weighted by Crippen LogP contribution is -2.51. The van der Waals surface area contributed by atoms with Crippen LogP contribution in [0, 0.1) is 11.3 Å². The van der Waals surface area contributed by atoms with Crippen LogP contribution < -0.4 is 5.32 Å². The molecule has 2 nitrogen and oxygen atoms in total. The zero-order valence-corrected chi connectivity index (χ0v) is 11.4. The Morgan fingerprint density at radius 3 is 2.82 bits per heavy atom. The first-order chi connectivity index (χ1) is 8.26. The maximum absolute atomic E-state index is 5.51. The highest BCUT2D eigenvalue weighted by Crippen LogP contribution is 2.46. The quantitative estimate of drug-likeness (QED) is 0.566. The van der Waals surface area contributed by atoms with Crippen molar-refractivity contribution < 1.29 is 4.74 Å². The molecule has 2 rings (SSSR count). The molecule has 1 saturated carbocycles. The Morgan fingerprint density at radius 2 is 2.24 bits per heavy atom. The summed E-state index contributed by atoms with van der Waals surface area (Å²) in [6.07, 6.45) is 8.88. The zero-order chi connectivity index (χ0) is 12.1. The van der Waals surface area contributed by atoms with Gasteiger partial charge in [0, 0.05) is 19.7 Å². The van der Waals surface area contributed by atoms with Crippen LogP contribution in [-0.4, -0.2) is 26.3 Å². The van der Waals surface area contributed by atoms with E-state index in [4.69, 9.17) is 4.74 Å². The fraction of sp³-hybridized carbons (Fsp3) is 0.867. The van der Waals surface area contributed by atoms with Crippen molar-refractivity contribution >= 4 is 0 Å². The molecular formula is C15H27NO. The standard InChI is InChI=1S/C15H27NO/c1-3-8-17-9-4-5-13(2)14-6-7-15(10-14)11-16-12-15/h5,14,16H,3-4,6-12H2,1-2H3/b13-5-/t14-/m1/s1. The highest BCUT2D eigenvalue weighted by Gasteiger charge is 2.43. The summed E-state index contributed by atoms with van der Waals surface area (Å²) in [4.78, 5) is 0. The second-order valence-electron chi connectivity index (χ2n) is 5.89. The molecular weight excluding hydrogens is 210 g/mol. The van der Waals surface area contributed by atoms with Gasteiger partial charge >= 0.3 is 0 Å². The van der Waals surface area contributed by atoms with Crippen molar-refractivity contribution in [1.29, 1.82) is 0 Å². The van der Waals surface area contributed by atoms with Gasteiger partial charge in [0.1, 0.15) is 0 Å². The van der Waals surface area contributed by atoms with Crippen LogP contribution in [0.4, 0.5) is 0 Å². The van der Waals surface area contributed by atoms with Crippen LogP contribution >= 0.6 is 0 Å². The lowest BCUT2D eigenvalue weighted by molar-refractivity contribution is 0.139. The first kappa shape index (κ1) is 13.1. The fourth-order valence-electron chi connectivity index (χ4n) is 3.18. The first-order valence-corrected chi connectivity index (χ1v) is 7.21. The summed E-state index contributed by atoms with van der Waals surface area (Å²) < 4.78 is 5.51. The number of ether oxygens (including phenoxy) is 1. The molecule has 1 N–H and O–H groups in total. The number of hydrogen-bond donors (Lipinski definition) is 1. The van der Waals surface area contributed by atoms with Crippen molar-refractivity contribution in [2.75, 3.05) is 26.3 Å². The molecule has 1 aliphatic heterocycles. The molecule has 2 aliphatic rings. The van der Waals surface area contributed by atoms with Crippen LogP contribution in [0.15, 0.2) is 11.6 Å². The number of nitrogens with one attached hydrogen (secondary N) is 1. The molecule has 2 heteroatoms. The summed E-state index contributed by atoms with van der Waals surface area (Å²) >= 11 is 0. The van der Waals surface area contributed by atoms with Gasteiger partial charge in [-0.1, -0.05) is 18.6 Å². The van der Waals surface area contributed by atoms with Gasteiger partial charge in [0.2, 0.25) is 0 Å². The zero-order valence-electron chi connectivity index (χ0n) is 11.4. The number of rotatable bonds is 6.